The van der Waals surface area contributed by atoms with E-state index in [0.717, 1.165) is 74.2 Å². The van der Waals surface area contributed by atoms with Gasteiger partial charge >= 0.3 is 0 Å². The number of hydrazine groups is 1. The van der Waals surface area contributed by atoms with Gasteiger partial charge in [0.05, 0.1) is 22.9 Å². The monoisotopic (exact) mass is 526 g/mol. The first kappa shape index (κ1) is 24.7. The summed E-state index contributed by atoms with van der Waals surface area (Å²) in [5.41, 5.74) is 13.9. The van der Waals surface area contributed by atoms with Crippen LogP contribution in [0.4, 0.5) is 4.39 Å². The number of phenols is 1. The Kier molecular flexibility index (Phi) is 6.34. The predicted octanol–water partition coefficient (Wildman–Crippen LogP) is 5.02. The largest absolute Gasteiger partial charge is 0.505 e. The fraction of sp³-hybridized carbons (Fsp3) is 0.419. The number of aromatic hydroxyl groups is 1. The van der Waals surface area contributed by atoms with Gasteiger partial charge in [-0.1, -0.05) is 19.1 Å². The molecule has 7 rings (SSSR count). The predicted molar refractivity (Wildman–Crippen MR) is 148 cm³/mol. The molecule has 1 saturated carbocycles. The minimum atomic E-state index is -0.521. The number of phenolic OH excluding ortho intramolecular Hbond substituents is 1. The van der Waals surface area contributed by atoms with Gasteiger partial charge < -0.3 is 10.1 Å². The summed E-state index contributed by atoms with van der Waals surface area (Å²) in [5, 5.41) is 11.0. The van der Waals surface area contributed by atoms with Gasteiger partial charge in [-0.3, -0.25) is 15.3 Å². The van der Waals surface area contributed by atoms with E-state index in [-0.39, 0.29) is 17.7 Å². The molecule has 4 N–H and O–H groups in total. The second-order valence-corrected chi connectivity index (χ2v) is 11.4. The van der Waals surface area contributed by atoms with Crippen LogP contribution >= 0.6 is 0 Å². The van der Waals surface area contributed by atoms with Crippen LogP contribution in [0.2, 0.25) is 0 Å². The van der Waals surface area contributed by atoms with Gasteiger partial charge in [-0.15, -0.1) is 0 Å². The number of aryl methyl sites for hydroxylation is 1. The number of fused-ring (bicyclic) bond motifs is 3. The van der Waals surface area contributed by atoms with Crippen molar-refractivity contribution in [1.29, 1.82) is 0 Å². The van der Waals surface area contributed by atoms with Crippen LogP contribution in [0.15, 0.2) is 48.7 Å². The van der Waals surface area contributed by atoms with Crippen LogP contribution in [0.1, 0.15) is 72.0 Å². The molecule has 0 amide bonds. The van der Waals surface area contributed by atoms with Crippen LogP contribution in [-0.2, 0) is 25.9 Å². The van der Waals surface area contributed by atoms with Crippen LogP contribution in [0, 0.1) is 11.7 Å². The first-order valence-corrected chi connectivity index (χ1v) is 14.2. The van der Waals surface area contributed by atoms with Gasteiger partial charge in [-0.25, -0.2) is 14.8 Å². The lowest BCUT2D eigenvalue weighted by Crippen LogP contribution is -2.35. The number of nitrogens with one attached hydrogen (secondary N) is 3. The molecular formula is C31H35FN6O. The molecule has 8 heteroatoms. The lowest BCUT2D eigenvalue weighted by Gasteiger charge is -2.33. The Bertz CT molecular complexity index is 1520. The number of H-pyrrole nitrogens is 1. The lowest BCUT2D eigenvalue weighted by atomic mass is 9.73. The highest BCUT2D eigenvalue weighted by Crippen LogP contribution is 2.44. The van der Waals surface area contributed by atoms with Gasteiger partial charge in [-0.05, 0) is 84.5 Å². The normalized spacial score (nSPS) is 25.1. The first-order chi connectivity index (χ1) is 19.1. The maximum atomic E-state index is 14.2. The maximum Gasteiger partial charge on any atom is 0.165 e. The molecule has 4 unspecified atom stereocenters. The van der Waals surface area contributed by atoms with Gasteiger partial charge in [0.15, 0.2) is 11.6 Å². The quantitative estimate of drug-likeness (QED) is 0.292. The van der Waals surface area contributed by atoms with Crippen molar-refractivity contribution >= 4 is 10.9 Å². The fourth-order valence-electron chi connectivity index (χ4n) is 7.06. The molecule has 39 heavy (non-hydrogen) atoms. The number of pyridine rings is 1. The summed E-state index contributed by atoms with van der Waals surface area (Å²) in [6, 6.07) is 14.3. The number of hydrogen-bond acceptors (Lipinski definition) is 6. The molecule has 1 aliphatic carbocycles. The molecule has 2 aromatic carbocycles. The van der Waals surface area contributed by atoms with E-state index in [9.17, 15) is 9.50 Å². The summed E-state index contributed by atoms with van der Waals surface area (Å²) in [6.07, 6.45) is 6.57. The zero-order chi connectivity index (χ0) is 26.5. The molecule has 4 atom stereocenters. The zero-order valence-electron chi connectivity index (χ0n) is 22.3. The Morgan fingerprint density at radius 2 is 2.05 bits per heavy atom. The minimum absolute atomic E-state index is 0.144. The smallest absolute Gasteiger partial charge is 0.165 e. The molecule has 3 aliphatic rings. The molecule has 1 saturated heterocycles. The van der Waals surface area contributed by atoms with Crippen LogP contribution in [0.25, 0.3) is 10.9 Å². The molecule has 0 bridgehead atoms. The Hall–Kier alpha value is -3.33. The zero-order valence-corrected chi connectivity index (χ0v) is 22.3. The molecule has 202 valence electrons. The van der Waals surface area contributed by atoms with E-state index in [2.05, 4.69) is 56.9 Å². The summed E-state index contributed by atoms with van der Waals surface area (Å²) in [5.74, 6) is 0.978. The van der Waals surface area contributed by atoms with Crippen LogP contribution < -0.4 is 10.9 Å². The summed E-state index contributed by atoms with van der Waals surface area (Å²) in [6.45, 7) is 4.84. The van der Waals surface area contributed by atoms with Crippen molar-refractivity contribution in [2.45, 2.75) is 70.1 Å². The Labute approximate surface area is 227 Å². The second-order valence-electron chi connectivity index (χ2n) is 11.4. The van der Waals surface area contributed by atoms with Gasteiger partial charge in [0.1, 0.15) is 5.82 Å². The average Bonchev–Trinajstić information content (AvgIpc) is 3.57. The highest BCUT2D eigenvalue weighted by Gasteiger charge is 2.43. The standard InChI is InChI=1S/C31H35FN6O/c1-2-19-14-29(39)24(32)15-23(19)20-6-7-22-27(13-20)36-37-30(22)31-34-26-9-11-38(17-28(26)35-31)16-18-5-8-25-21(12-18)4-3-10-33-25/h3-5,8,10,12,14-15,20,22,27,30,36-37,39H,2,6-7,9,11,13,16-17H2,1H3,(H,34,35). The number of aromatic nitrogens is 3. The third-order valence-corrected chi connectivity index (χ3v) is 9.08. The summed E-state index contributed by atoms with van der Waals surface area (Å²) >= 11 is 0. The fourth-order valence-corrected chi connectivity index (χ4v) is 7.06. The molecule has 7 nitrogen and oxygen atoms in total. The number of halogens is 1. The summed E-state index contributed by atoms with van der Waals surface area (Å²) < 4.78 is 14.2. The number of rotatable bonds is 5. The lowest BCUT2D eigenvalue weighted by molar-refractivity contribution is 0.241. The molecular weight excluding hydrogens is 491 g/mol. The number of hydrogen-bond donors (Lipinski definition) is 4. The van der Waals surface area contributed by atoms with Crippen molar-refractivity contribution < 1.29 is 9.50 Å². The molecule has 4 heterocycles. The molecule has 0 radical (unpaired) electrons. The summed E-state index contributed by atoms with van der Waals surface area (Å²) in [4.78, 5) is 15.7. The molecule has 0 spiro atoms. The first-order valence-electron chi connectivity index (χ1n) is 14.2. The SMILES string of the molecule is CCc1cc(O)c(F)cc1C1CCC2C(C1)NNC2c1nc2c([nH]1)CN(Cc1ccc3ncccc3c1)CC2. The number of nitrogens with zero attached hydrogens (tertiary/aromatic N) is 3. The number of aromatic amines is 1. The minimum Gasteiger partial charge on any atom is -0.505 e. The molecule has 4 aromatic rings. The van der Waals surface area contributed by atoms with Crippen molar-refractivity contribution in [3.05, 3.63) is 88.4 Å². The van der Waals surface area contributed by atoms with Gasteiger partial charge in [-0.2, -0.15) is 0 Å². The van der Waals surface area contributed by atoms with Crippen molar-refractivity contribution in [1.82, 2.24) is 30.7 Å². The molecule has 2 aromatic heterocycles. The van der Waals surface area contributed by atoms with Crippen molar-refractivity contribution in [3.8, 4) is 5.75 Å². The van der Waals surface area contributed by atoms with Crippen molar-refractivity contribution in [2.24, 2.45) is 5.92 Å². The van der Waals surface area contributed by atoms with Gasteiger partial charge in [0.25, 0.3) is 0 Å². The van der Waals surface area contributed by atoms with E-state index in [1.165, 1.54) is 22.3 Å². The number of benzene rings is 2. The van der Waals surface area contributed by atoms with E-state index in [1.807, 2.05) is 12.3 Å². The van der Waals surface area contributed by atoms with Crippen LogP contribution in [-0.4, -0.2) is 37.5 Å². The van der Waals surface area contributed by atoms with E-state index >= 15 is 0 Å². The van der Waals surface area contributed by atoms with Gasteiger partial charge in [0.2, 0.25) is 0 Å². The number of imidazole rings is 1. The Morgan fingerprint density at radius 1 is 1.13 bits per heavy atom. The summed E-state index contributed by atoms with van der Waals surface area (Å²) in [7, 11) is 0. The Morgan fingerprint density at radius 3 is 2.95 bits per heavy atom. The topological polar surface area (TPSA) is 89.1 Å². The van der Waals surface area contributed by atoms with Crippen LogP contribution in [0.3, 0.4) is 0 Å². The highest BCUT2D eigenvalue weighted by atomic mass is 19.1. The Balaban J connectivity index is 1.03. The average molecular weight is 527 g/mol. The van der Waals surface area contributed by atoms with Crippen molar-refractivity contribution in [2.75, 3.05) is 6.54 Å². The highest BCUT2D eigenvalue weighted by molar-refractivity contribution is 5.78. The van der Waals surface area contributed by atoms with Crippen molar-refractivity contribution in [3.63, 3.8) is 0 Å². The van der Waals surface area contributed by atoms with E-state index in [4.69, 9.17) is 4.98 Å². The van der Waals surface area contributed by atoms with Gasteiger partial charge in [0, 0.05) is 43.7 Å². The van der Waals surface area contributed by atoms with E-state index in [1.54, 1.807) is 12.1 Å². The third kappa shape index (κ3) is 4.60. The third-order valence-electron chi connectivity index (χ3n) is 9.08. The second kappa shape index (κ2) is 10.0. The molecule has 2 aliphatic heterocycles. The van der Waals surface area contributed by atoms with E-state index < -0.39 is 5.82 Å². The maximum absolute atomic E-state index is 14.2. The van der Waals surface area contributed by atoms with Crippen LogP contribution in [0.5, 0.6) is 5.75 Å². The molecule has 2 fully saturated rings. The van der Waals surface area contributed by atoms with E-state index in [0.29, 0.717) is 12.0 Å².